The lowest BCUT2D eigenvalue weighted by atomic mass is 10.2. The van der Waals surface area contributed by atoms with E-state index in [0.717, 1.165) is 18.7 Å². The first-order chi connectivity index (χ1) is 12.8. The lowest BCUT2D eigenvalue weighted by Crippen LogP contribution is -2.47. The lowest BCUT2D eigenvalue weighted by molar-refractivity contribution is -0.122. The Balaban J connectivity index is 1.46. The van der Waals surface area contributed by atoms with Crippen molar-refractivity contribution in [3.8, 4) is 0 Å². The number of carbonyl (C=O) groups is 1. The van der Waals surface area contributed by atoms with Gasteiger partial charge in [0, 0.05) is 37.4 Å². The topological polar surface area (TPSA) is 84.3 Å². The highest BCUT2D eigenvalue weighted by Gasteiger charge is 2.61. The molecule has 144 valence electrons. The molecule has 1 aromatic heterocycles. The minimum absolute atomic E-state index is 0.0735. The van der Waals surface area contributed by atoms with Crippen LogP contribution < -0.4 is 10.2 Å². The quantitative estimate of drug-likeness (QED) is 0.815. The van der Waals surface area contributed by atoms with E-state index in [4.69, 9.17) is 11.6 Å². The number of anilines is 1. The first-order valence-electron chi connectivity index (χ1n) is 8.87. The van der Waals surface area contributed by atoms with Crippen molar-refractivity contribution in [2.24, 2.45) is 7.05 Å². The molecular formula is C18H21ClN4O3S. The van der Waals surface area contributed by atoms with Crippen LogP contribution in [0.15, 0.2) is 41.6 Å². The molecule has 2 aliphatic rings. The second-order valence-electron chi connectivity index (χ2n) is 7.23. The first kappa shape index (κ1) is 18.3. The Kier molecular flexibility index (Phi) is 4.43. The molecule has 1 aliphatic carbocycles. The van der Waals surface area contributed by atoms with E-state index in [-0.39, 0.29) is 10.9 Å². The molecule has 1 saturated heterocycles. The summed E-state index contributed by atoms with van der Waals surface area (Å²) in [4.78, 5) is 15.2. The molecule has 4 rings (SSSR count). The molecular weight excluding hydrogens is 388 g/mol. The van der Waals surface area contributed by atoms with E-state index in [1.807, 2.05) is 13.2 Å². The van der Waals surface area contributed by atoms with Gasteiger partial charge in [0.15, 0.2) is 14.6 Å². The molecule has 9 heteroatoms. The second kappa shape index (κ2) is 6.53. The number of rotatable bonds is 5. The van der Waals surface area contributed by atoms with Crippen LogP contribution >= 0.6 is 11.6 Å². The highest BCUT2D eigenvalue weighted by Crippen LogP contribution is 2.47. The van der Waals surface area contributed by atoms with Crippen LogP contribution in [0.25, 0.3) is 0 Å². The monoisotopic (exact) mass is 408 g/mol. The summed E-state index contributed by atoms with van der Waals surface area (Å²) >= 11 is 5.85. The molecule has 1 amide bonds. The Morgan fingerprint density at radius 3 is 2.59 bits per heavy atom. The maximum Gasteiger partial charge on any atom is 0.242 e. The molecule has 0 radical (unpaired) electrons. The molecule has 2 aromatic rings. The Bertz CT molecular complexity index is 967. The van der Waals surface area contributed by atoms with E-state index < -0.39 is 20.5 Å². The third kappa shape index (κ3) is 3.21. The molecule has 0 bridgehead atoms. The summed E-state index contributed by atoms with van der Waals surface area (Å²) in [5.41, 5.74) is 1.00. The van der Waals surface area contributed by atoms with Crippen LogP contribution in [0.2, 0.25) is 5.02 Å². The second-order valence-corrected chi connectivity index (χ2v) is 9.93. The summed E-state index contributed by atoms with van der Waals surface area (Å²) in [5.74, 6) is -0.393. The fourth-order valence-electron chi connectivity index (χ4n) is 3.57. The average Bonchev–Trinajstić information content (AvgIpc) is 3.16. The smallest absolute Gasteiger partial charge is 0.242 e. The van der Waals surface area contributed by atoms with Crippen LogP contribution in [0.4, 0.5) is 5.69 Å². The molecule has 1 saturated carbocycles. The Morgan fingerprint density at radius 1 is 1.30 bits per heavy atom. The zero-order chi connectivity index (χ0) is 19.2. The number of hydrogen-bond acceptors (Lipinski definition) is 5. The van der Waals surface area contributed by atoms with Crippen molar-refractivity contribution in [3.63, 3.8) is 0 Å². The number of carbonyl (C=O) groups excluding carboxylic acids is 1. The maximum absolute atomic E-state index is 13.0. The van der Waals surface area contributed by atoms with Crippen LogP contribution in [0.3, 0.4) is 0 Å². The third-order valence-electron chi connectivity index (χ3n) is 5.34. The van der Waals surface area contributed by atoms with Crippen molar-refractivity contribution in [2.45, 2.75) is 34.9 Å². The minimum atomic E-state index is -3.75. The molecule has 1 aliphatic heterocycles. The van der Waals surface area contributed by atoms with E-state index in [1.165, 1.54) is 24.3 Å². The van der Waals surface area contributed by atoms with Crippen molar-refractivity contribution in [1.82, 2.24) is 15.1 Å². The molecule has 1 atom stereocenters. The molecule has 27 heavy (non-hydrogen) atoms. The molecule has 2 heterocycles. The summed E-state index contributed by atoms with van der Waals surface area (Å²) in [6, 6.07) is 5.92. The Morgan fingerprint density at radius 2 is 2.00 bits per heavy atom. The van der Waals surface area contributed by atoms with Gasteiger partial charge in [-0.05, 0) is 43.5 Å². The third-order valence-corrected chi connectivity index (χ3v) is 8.10. The number of nitrogens with zero attached hydrogens (tertiary/aromatic N) is 3. The van der Waals surface area contributed by atoms with E-state index in [2.05, 4.69) is 15.3 Å². The first-order valence-corrected chi connectivity index (χ1v) is 10.7. The van der Waals surface area contributed by atoms with E-state index in [0.29, 0.717) is 24.4 Å². The number of benzene rings is 1. The van der Waals surface area contributed by atoms with Crippen molar-refractivity contribution in [2.75, 3.05) is 18.0 Å². The number of aryl methyl sites for hydroxylation is 1. The fourth-order valence-corrected chi connectivity index (χ4v) is 5.59. The van der Waals surface area contributed by atoms with Crippen LogP contribution in [-0.2, 0) is 21.7 Å². The largest absolute Gasteiger partial charge is 0.367 e. The molecule has 2 fully saturated rings. The predicted octanol–water partition coefficient (Wildman–Crippen LogP) is 1.77. The van der Waals surface area contributed by atoms with E-state index in [1.54, 1.807) is 10.9 Å². The zero-order valence-corrected chi connectivity index (χ0v) is 16.5. The number of nitrogens with one attached hydrogen (secondary N) is 1. The predicted molar refractivity (Wildman–Crippen MR) is 103 cm³/mol. The summed E-state index contributed by atoms with van der Waals surface area (Å²) in [6.07, 6.45) is 5.19. The lowest BCUT2D eigenvalue weighted by Gasteiger charge is -2.20. The van der Waals surface area contributed by atoms with Gasteiger partial charge in [0.25, 0.3) is 0 Å². The van der Waals surface area contributed by atoms with Gasteiger partial charge in [-0.2, -0.15) is 5.10 Å². The normalized spacial score (nSPS) is 21.3. The average molecular weight is 409 g/mol. The van der Waals surface area contributed by atoms with Gasteiger partial charge in [-0.25, -0.2) is 8.42 Å². The van der Waals surface area contributed by atoms with Crippen molar-refractivity contribution < 1.29 is 13.2 Å². The van der Waals surface area contributed by atoms with Crippen LogP contribution in [0.5, 0.6) is 0 Å². The standard InChI is InChI=1S/C18H21ClN4O3S/c1-22-12-15(10-20-22)23-9-6-14(11-23)21-17(24)18(7-8-18)27(25,26)16-4-2-13(19)3-5-16/h2-5,10,12,14H,6-9,11H2,1H3,(H,21,24). The number of hydrogen-bond donors (Lipinski definition) is 1. The molecule has 1 unspecified atom stereocenters. The Hall–Kier alpha value is -2.06. The number of aromatic nitrogens is 2. The van der Waals surface area contributed by atoms with Crippen molar-refractivity contribution in [3.05, 3.63) is 41.7 Å². The number of halogens is 1. The van der Waals surface area contributed by atoms with Gasteiger partial charge >= 0.3 is 0 Å². The molecule has 1 N–H and O–H groups in total. The number of amides is 1. The van der Waals surface area contributed by atoms with Crippen LogP contribution in [0.1, 0.15) is 19.3 Å². The SMILES string of the molecule is Cn1cc(N2CCC(NC(=O)C3(S(=O)(=O)c4ccc(Cl)cc4)CC3)C2)cn1. The summed E-state index contributed by atoms with van der Waals surface area (Å²) < 4.78 is 26.4. The van der Waals surface area contributed by atoms with Crippen molar-refractivity contribution >= 4 is 33.0 Å². The van der Waals surface area contributed by atoms with Crippen LogP contribution in [0, 0.1) is 0 Å². The fraction of sp³-hybridized carbons (Fsp3) is 0.444. The van der Waals surface area contributed by atoms with Crippen molar-refractivity contribution in [1.29, 1.82) is 0 Å². The summed E-state index contributed by atoms with van der Waals surface area (Å²) in [6.45, 7) is 1.45. The van der Waals surface area contributed by atoms with Crippen LogP contribution in [-0.4, -0.2) is 48.0 Å². The highest BCUT2D eigenvalue weighted by atomic mass is 35.5. The Labute approximate surface area is 163 Å². The molecule has 1 aromatic carbocycles. The maximum atomic E-state index is 13.0. The summed E-state index contributed by atoms with van der Waals surface area (Å²) in [7, 11) is -1.89. The van der Waals surface area contributed by atoms with Gasteiger partial charge in [-0.15, -0.1) is 0 Å². The minimum Gasteiger partial charge on any atom is -0.367 e. The van der Waals surface area contributed by atoms with E-state index >= 15 is 0 Å². The van der Waals surface area contributed by atoms with Gasteiger partial charge in [0.1, 0.15) is 0 Å². The van der Waals surface area contributed by atoms with Gasteiger partial charge < -0.3 is 10.2 Å². The summed E-state index contributed by atoms with van der Waals surface area (Å²) in [5, 5.41) is 7.59. The van der Waals surface area contributed by atoms with E-state index in [9.17, 15) is 13.2 Å². The van der Waals surface area contributed by atoms with Gasteiger partial charge in [0.05, 0.1) is 16.8 Å². The van der Waals surface area contributed by atoms with Gasteiger partial charge in [-0.3, -0.25) is 9.48 Å². The molecule has 7 nitrogen and oxygen atoms in total. The molecule has 0 spiro atoms. The van der Waals surface area contributed by atoms with Gasteiger partial charge in [-0.1, -0.05) is 11.6 Å². The van der Waals surface area contributed by atoms with Gasteiger partial charge in [0.2, 0.25) is 5.91 Å². The zero-order valence-electron chi connectivity index (χ0n) is 14.9. The highest BCUT2D eigenvalue weighted by molar-refractivity contribution is 7.94. The number of sulfone groups is 1.